The van der Waals surface area contributed by atoms with E-state index in [9.17, 15) is 5.11 Å². The zero-order chi connectivity index (χ0) is 11.1. The van der Waals surface area contributed by atoms with E-state index in [0.29, 0.717) is 0 Å². The van der Waals surface area contributed by atoms with Gasteiger partial charge in [-0.1, -0.05) is 13.3 Å². The normalized spacial score (nSPS) is 10.8. The third-order valence-electron chi connectivity index (χ3n) is 2.16. The molecule has 0 unspecified atom stereocenters. The Kier molecular flexibility index (Phi) is 4.68. The zero-order valence-corrected chi connectivity index (χ0v) is 9.33. The lowest BCUT2D eigenvalue weighted by Crippen LogP contribution is -2.00. The van der Waals surface area contributed by atoms with Crippen LogP contribution in [0.25, 0.3) is 0 Å². The van der Waals surface area contributed by atoms with E-state index in [1.807, 2.05) is 12.1 Å². The molecule has 0 radical (unpaired) electrons. The first kappa shape index (κ1) is 11.6. The largest absolute Gasteiger partial charge is 0.507 e. The maximum atomic E-state index is 9.65. The van der Waals surface area contributed by atoms with Crippen LogP contribution in [0.15, 0.2) is 23.2 Å². The van der Waals surface area contributed by atoms with Crippen LogP contribution in [-0.4, -0.2) is 24.9 Å². The first-order chi connectivity index (χ1) is 7.27. The van der Waals surface area contributed by atoms with E-state index in [1.54, 1.807) is 19.3 Å². The number of benzene rings is 1. The van der Waals surface area contributed by atoms with Gasteiger partial charge in [0.15, 0.2) is 0 Å². The molecular weight excluding hydrogens is 188 g/mol. The minimum Gasteiger partial charge on any atom is -0.507 e. The fraction of sp³-hybridized carbons (Fsp3) is 0.417. The Morgan fingerprint density at radius 1 is 1.47 bits per heavy atom. The van der Waals surface area contributed by atoms with Crippen molar-refractivity contribution < 1.29 is 5.11 Å². The monoisotopic (exact) mass is 206 g/mol. The molecule has 0 saturated heterocycles. The van der Waals surface area contributed by atoms with Crippen molar-refractivity contribution in [2.75, 3.05) is 18.9 Å². The SMILES string of the molecule is CCCCNc1ccc(C=NC)c(O)c1. The molecule has 1 rings (SSSR count). The Morgan fingerprint density at radius 3 is 2.87 bits per heavy atom. The Morgan fingerprint density at radius 2 is 2.27 bits per heavy atom. The third kappa shape index (κ3) is 3.62. The van der Waals surface area contributed by atoms with Gasteiger partial charge in [0, 0.05) is 37.1 Å². The third-order valence-corrected chi connectivity index (χ3v) is 2.16. The van der Waals surface area contributed by atoms with Crippen molar-refractivity contribution >= 4 is 11.9 Å². The summed E-state index contributed by atoms with van der Waals surface area (Å²) >= 11 is 0. The number of nitrogens with zero attached hydrogens (tertiary/aromatic N) is 1. The zero-order valence-electron chi connectivity index (χ0n) is 9.33. The summed E-state index contributed by atoms with van der Waals surface area (Å²) in [6.07, 6.45) is 3.95. The standard InChI is InChI=1S/C12H18N2O/c1-3-4-7-14-11-6-5-10(9-13-2)12(15)8-11/h5-6,8-9,14-15H,3-4,7H2,1-2H3. The van der Waals surface area contributed by atoms with E-state index in [-0.39, 0.29) is 5.75 Å². The Bertz CT molecular complexity index is 334. The average molecular weight is 206 g/mol. The lowest BCUT2D eigenvalue weighted by atomic mass is 10.2. The van der Waals surface area contributed by atoms with Crippen LogP contribution >= 0.6 is 0 Å². The summed E-state index contributed by atoms with van der Waals surface area (Å²) in [5, 5.41) is 12.9. The van der Waals surface area contributed by atoms with Crippen LogP contribution in [0.3, 0.4) is 0 Å². The van der Waals surface area contributed by atoms with E-state index in [1.165, 1.54) is 6.42 Å². The molecule has 0 fully saturated rings. The highest BCUT2D eigenvalue weighted by Gasteiger charge is 1.99. The fourth-order valence-electron chi connectivity index (χ4n) is 1.31. The minimum absolute atomic E-state index is 0.266. The second-order valence-electron chi connectivity index (χ2n) is 3.44. The molecule has 2 N–H and O–H groups in total. The molecular formula is C12H18N2O. The summed E-state index contributed by atoms with van der Waals surface area (Å²) in [7, 11) is 1.69. The Hall–Kier alpha value is -1.51. The van der Waals surface area contributed by atoms with Gasteiger partial charge in [-0.2, -0.15) is 0 Å². The van der Waals surface area contributed by atoms with E-state index in [2.05, 4.69) is 17.2 Å². The van der Waals surface area contributed by atoms with Gasteiger partial charge in [0.25, 0.3) is 0 Å². The number of aliphatic imine (C=N–C) groups is 1. The van der Waals surface area contributed by atoms with Gasteiger partial charge in [-0.15, -0.1) is 0 Å². The lowest BCUT2D eigenvalue weighted by molar-refractivity contribution is 0.474. The fourth-order valence-corrected chi connectivity index (χ4v) is 1.31. The quantitative estimate of drug-likeness (QED) is 0.574. The average Bonchev–Trinajstić information content (AvgIpc) is 2.23. The molecule has 0 aliphatic carbocycles. The van der Waals surface area contributed by atoms with Crippen LogP contribution in [0.4, 0.5) is 5.69 Å². The highest BCUT2D eigenvalue weighted by Crippen LogP contribution is 2.20. The number of rotatable bonds is 5. The molecule has 0 aliphatic heterocycles. The number of hydrogen-bond acceptors (Lipinski definition) is 3. The van der Waals surface area contributed by atoms with Gasteiger partial charge in [-0.3, -0.25) is 4.99 Å². The molecule has 0 aromatic heterocycles. The maximum Gasteiger partial charge on any atom is 0.126 e. The van der Waals surface area contributed by atoms with Gasteiger partial charge >= 0.3 is 0 Å². The second-order valence-corrected chi connectivity index (χ2v) is 3.44. The van der Waals surface area contributed by atoms with E-state index < -0.39 is 0 Å². The van der Waals surface area contributed by atoms with Gasteiger partial charge < -0.3 is 10.4 Å². The van der Waals surface area contributed by atoms with Gasteiger partial charge in [-0.05, 0) is 18.6 Å². The maximum absolute atomic E-state index is 9.65. The summed E-state index contributed by atoms with van der Waals surface area (Å²) in [5.41, 5.74) is 1.70. The molecule has 0 aliphatic rings. The number of phenolic OH excluding ortho intramolecular Hbond substituents is 1. The molecule has 1 aromatic carbocycles. The summed E-state index contributed by atoms with van der Waals surface area (Å²) in [4.78, 5) is 3.87. The number of phenols is 1. The van der Waals surface area contributed by atoms with Crippen LogP contribution in [0.5, 0.6) is 5.75 Å². The molecule has 82 valence electrons. The van der Waals surface area contributed by atoms with Crippen LogP contribution in [0, 0.1) is 0 Å². The van der Waals surface area contributed by atoms with E-state index in [4.69, 9.17) is 0 Å². The van der Waals surface area contributed by atoms with Gasteiger partial charge in [-0.25, -0.2) is 0 Å². The summed E-state index contributed by atoms with van der Waals surface area (Å²) < 4.78 is 0. The van der Waals surface area contributed by atoms with Crippen molar-refractivity contribution in [3.8, 4) is 5.75 Å². The molecule has 0 heterocycles. The summed E-state index contributed by atoms with van der Waals surface area (Å²) in [6.45, 7) is 3.09. The highest BCUT2D eigenvalue weighted by molar-refractivity contribution is 5.84. The van der Waals surface area contributed by atoms with Crippen molar-refractivity contribution in [1.29, 1.82) is 0 Å². The predicted octanol–water partition coefficient (Wildman–Crippen LogP) is 2.65. The molecule has 1 aromatic rings. The first-order valence-corrected chi connectivity index (χ1v) is 5.27. The number of aromatic hydroxyl groups is 1. The molecule has 15 heavy (non-hydrogen) atoms. The van der Waals surface area contributed by atoms with Crippen LogP contribution in [0.2, 0.25) is 0 Å². The molecule has 0 atom stereocenters. The van der Waals surface area contributed by atoms with Crippen LogP contribution < -0.4 is 5.32 Å². The van der Waals surface area contributed by atoms with Crippen molar-refractivity contribution in [2.24, 2.45) is 4.99 Å². The molecule has 0 spiro atoms. The van der Waals surface area contributed by atoms with Crippen molar-refractivity contribution in [3.05, 3.63) is 23.8 Å². The topological polar surface area (TPSA) is 44.6 Å². The van der Waals surface area contributed by atoms with Crippen LogP contribution in [-0.2, 0) is 0 Å². The van der Waals surface area contributed by atoms with Gasteiger partial charge in [0.2, 0.25) is 0 Å². The lowest BCUT2D eigenvalue weighted by Gasteiger charge is -2.06. The summed E-state index contributed by atoms with van der Waals surface area (Å²) in [6, 6.07) is 5.54. The molecule has 0 amide bonds. The number of nitrogens with one attached hydrogen (secondary N) is 1. The van der Waals surface area contributed by atoms with Crippen molar-refractivity contribution in [2.45, 2.75) is 19.8 Å². The Balaban J connectivity index is 2.65. The van der Waals surface area contributed by atoms with Crippen molar-refractivity contribution in [1.82, 2.24) is 0 Å². The molecule has 3 heteroatoms. The van der Waals surface area contributed by atoms with Crippen LogP contribution in [0.1, 0.15) is 25.3 Å². The van der Waals surface area contributed by atoms with Crippen molar-refractivity contribution in [3.63, 3.8) is 0 Å². The highest BCUT2D eigenvalue weighted by atomic mass is 16.3. The molecule has 0 saturated carbocycles. The molecule has 0 bridgehead atoms. The number of hydrogen-bond donors (Lipinski definition) is 2. The minimum atomic E-state index is 0.266. The van der Waals surface area contributed by atoms with Gasteiger partial charge in [0.1, 0.15) is 5.75 Å². The first-order valence-electron chi connectivity index (χ1n) is 5.27. The smallest absolute Gasteiger partial charge is 0.126 e. The van der Waals surface area contributed by atoms with E-state index >= 15 is 0 Å². The predicted molar refractivity (Wildman–Crippen MR) is 65.0 cm³/mol. The van der Waals surface area contributed by atoms with Gasteiger partial charge in [0.05, 0.1) is 0 Å². The second kappa shape index (κ2) is 6.06. The van der Waals surface area contributed by atoms with E-state index in [0.717, 1.165) is 24.2 Å². The summed E-state index contributed by atoms with van der Waals surface area (Å²) in [5.74, 6) is 0.266. The number of unbranched alkanes of at least 4 members (excludes halogenated alkanes) is 1. The molecule has 3 nitrogen and oxygen atoms in total. The Labute approximate surface area is 90.9 Å². The number of anilines is 1.